The number of halogens is 1. The van der Waals surface area contributed by atoms with Crippen molar-refractivity contribution >= 4 is 5.91 Å². The number of carbonyl (C=O) groups is 1. The molecule has 5 nitrogen and oxygen atoms in total. The normalized spacial score (nSPS) is 12.4. The Morgan fingerprint density at radius 1 is 1.30 bits per heavy atom. The lowest BCUT2D eigenvalue weighted by Crippen LogP contribution is -2.37. The lowest BCUT2D eigenvalue weighted by Gasteiger charge is -2.26. The molecule has 0 bridgehead atoms. The lowest BCUT2D eigenvalue weighted by molar-refractivity contribution is 0.0589. The second kappa shape index (κ2) is 7.37. The van der Waals surface area contributed by atoms with Gasteiger partial charge in [-0.25, -0.2) is 4.39 Å². The smallest absolute Gasteiger partial charge is 0.274 e. The third kappa shape index (κ3) is 4.63. The zero-order chi connectivity index (χ0) is 17.0. The van der Waals surface area contributed by atoms with Crippen LogP contribution in [0.15, 0.2) is 30.3 Å². The zero-order valence-corrected chi connectivity index (χ0v) is 13.6. The fourth-order valence-corrected chi connectivity index (χ4v) is 2.37. The van der Waals surface area contributed by atoms with Gasteiger partial charge in [-0.3, -0.25) is 9.89 Å². The van der Waals surface area contributed by atoms with Gasteiger partial charge in [0.05, 0.1) is 12.6 Å². The fourth-order valence-electron chi connectivity index (χ4n) is 2.37. The largest absolute Gasteiger partial charge is 0.387 e. The minimum atomic E-state index is -0.877. The summed E-state index contributed by atoms with van der Waals surface area (Å²) in [7, 11) is 0. The molecule has 1 heterocycles. The zero-order valence-electron chi connectivity index (χ0n) is 13.6. The molecule has 2 rings (SSSR count). The Kier molecular flexibility index (Phi) is 5.50. The molecule has 0 fully saturated rings. The van der Waals surface area contributed by atoms with Crippen LogP contribution in [0.5, 0.6) is 0 Å². The minimum Gasteiger partial charge on any atom is -0.387 e. The molecule has 1 aromatic heterocycles. The number of carbonyl (C=O) groups excluding carboxylic acids is 1. The maximum Gasteiger partial charge on any atom is 0.274 e. The highest BCUT2D eigenvalue weighted by Gasteiger charge is 2.22. The number of aliphatic hydroxyl groups excluding tert-OH is 1. The molecule has 0 spiro atoms. The van der Waals surface area contributed by atoms with Crippen molar-refractivity contribution in [3.63, 3.8) is 0 Å². The third-order valence-electron chi connectivity index (χ3n) is 3.45. The highest BCUT2D eigenvalue weighted by molar-refractivity contribution is 5.92. The van der Waals surface area contributed by atoms with Crippen LogP contribution in [0.3, 0.4) is 0 Å². The number of aromatic amines is 1. The van der Waals surface area contributed by atoms with Gasteiger partial charge in [0.2, 0.25) is 0 Å². The third-order valence-corrected chi connectivity index (χ3v) is 3.45. The van der Waals surface area contributed by atoms with Crippen LogP contribution in [0.4, 0.5) is 4.39 Å². The quantitative estimate of drug-likeness (QED) is 0.860. The molecule has 0 aliphatic heterocycles. The number of aliphatic hydroxyl groups is 1. The first-order valence-corrected chi connectivity index (χ1v) is 7.61. The Labute approximate surface area is 135 Å². The van der Waals surface area contributed by atoms with Crippen molar-refractivity contribution in [2.75, 3.05) is 13.1 Å². The monoisotopic (exact) mass is 319 g/mol. The second-order valence-corrected chi connectivity index (χ2v) is 6.11. The summed E-state index contributed by atoms with van der Waals surface area (Å²) in [4.78, 5) is 14.2. The molecule has 0 radical (unpaired) electrons. The molecule has 0 saturated carbocycles. The number of hydrogen-bond donors (Lipinski definition) is 2. The molecule has 0 unspecified atom stereocenters. The Balaban J connectivity index is 2.14. The van der Waals surface area contributed by atoms with Gasteiger partial charge in [0, 0.05) is 12.2 Å². The van der Waals surface area contributed by atoms with E-state index in [0.29, 0.717) is 17.8 Å². The first-order valence-electron chi connectivity index (χ1n) is 7.61. The maximum atomic E-state index is 13.0. The molecule has 124 valence electrons. The van der Waals surface area contributed by atoms with Gasteiger partial charge in [-0.15, -0.1) is 0 Å². The average molecular weight is 319 g/mol. The molecule has 1 amide bonds. The summed E-state index contributed by atoms with van der Waals surface area (Å²) in [6.45, 7) is 6.46. The molecule has 2 N–H and O–H groups in total. The SMILES string of the molecule is Cc1cc(C(=O)N(CC(C)C)C[C@H](O)c2ccc(F)cc2)n[nH]1. The molecule has 2 aromatic rings. The molecular weight excluding hydrogens is 297 g/mol. The van der Waals surface area contributed by atoms with Crippen LogP contribution in [-0.4, -0.2) is 39.2 Å². The van der Waals surface area contributed by atoms with Crippen molar-refractivity contribution in [3.05, 3.63) is 53.1 Å². The van der Waals surface area contributed by atoms with E-state index in [9.17, 15) is 14.3 Å². The van der Waals surface area contributed by atoms with Crippen LogP contribution >= 0.6 is 0 Å². The van der Waals surface area contributed by atoms with Crippen LogP contribution in [0.25, 0.3) is 0 Å². The van der Waals surface area contributed by atoms with Crippen molar-refractivity contribution < 1.29 is 14.3 Å². The standard InChI is InChI=1S/C17H22FN3O2/c1-11(2)9-21(17(23)15-8-12(3)19-20-15)10-16(22)13-4-6-14(18)7-5-13/h4-8,11,16,22H,9-10H2,1-3H3,(H,19,20)/t16-/m0/s1. The molecule has 0 saturated heterocycles. The Bertz CT molecular complexity index is 652. The summed E-state index contributed by atoms with van der Waals surface area (Å²) in [6.07, 6.45) is -0.877. The van der Waals surface area contributed by atoms with Crippen LogP contribution in [0, 0.1) is 18.7 Å². The molecule has 1 aromatic carbocycles. The summed E-state index contributed by atoms with van der Waals surface area (Å²) in [5.74, 6) is -0.341. The van der Waals surface area contributed by atoms with Gasteiger partial charge in [-0.2, -0.15) is 5.10 Å². The summed E-state index contributed by atoms with van der Waals surface area (Å²) in [5, 5.41) is 17.1. The van der Waals surface area contributed by atoms with Crippen molar-refractivity contribution in [1.29, 1.82) is 0 Å². The molecule has 23 heavy (non-hydrogen) atoms. The van der Waals surface area contributed by atoms with Crippen molar-refractivity contribution in [1.82, 2.24) is 15.1 Å². The van der Waals surface area contributed by atoms with Gasteiger partial charge in [-0.1, -0.05) is 26.0 Å². The molecular formula is C17H22FN3O2. The highest BCUT2D eigenvalue weighted by atomic mass is 19.1. The van der Waals surface area contributed by atoms with Crippen LogP contribution in [0.1, 0.15) is 41.7 Å². The summed E-state index contributed by atoms with van der Waals surface area (Å²) in [6, 6.07) is 7.32. The van der Waals surface area contributed by atoms with Crippen LogP contribution < -0.4 is 0 Å². The highest BCUT2D eigenvalue weighted by Crippen LogP contribution is 2.17. The summed E-state index contributed by atoms with van der Waals surface area (Å²) >= 11 is 0. The Morgan fingerprint density at radius 2 is 1.96 bits per heavy atom. The van der Waals surface area contributed by atoms with E-state index in [1.165, 1.54) is 24.3 Å². The summed E-state index contributed by atoms with van der Waals surface area (Å²) in [5.41, 5.74) is 1.71. The number of rotatable bonds is 6. The number of hydrogen-bond acceptors (Lipinski definition) is 3. The minimum absolute atomic E-state index is 0.133. The fraction of sp³-hybridized carbons (Fsp3) is 0.412. The van der Waals surface area contributed by atoms with E-state index in [1.54, 1.807) is 11.0 Å². The number of aryl methyl sites for hydroxylation is 1. The van der Waals surface area contributed by atoms with E-state index in [4.69, 9.17) is 0 Å². The van der Waals surface area contributed by atoms with E-state index in [0.717, 1.165) is 5.69 Å². The van der Waals surface area contributed by atoms with Crippen LogP contribution in [0.2, 0.25) is 0 Å². The topological polar surface area (TPSA) is 69.2 Å². The predicted molar refractivity (Wildman–Crippen MR) is 85.4 cm³/mol. The number of benzene rings is 1. The summed E-state index contributed by atoms with van der Waals surface area (Å²) < 4.78 is 13.0. The van der Waals surface area contributed by atoms with Crippen molar-refractivity contribution in [2.45, 2.75) is 26.9 Å². The molecule has 1 atom stereocenters. The maximum absolute atomic E-state index is 13.0. The number of nitrogens with zero attached hydrogens (tertiary/aromatic N) is 2. The average Bonchev–Trinajstić information content (AvgIpc) is 2.92. The second-order valence-electron chi connectivity index (χ2n) is 6.11. The van der Waals surface area contributed by atoms with Crippen molar-refractivity contribution in [2.24, 2.45) is 5.92 Å². The number of nitrogens with one attached hydrogen (secondary N) is 1. The predicted octanol–water partition coefficient (Wildman–Crippen LogP) is 2.69. The number of H-pyrrole nitrogens is 1. The number of aromatic nitrogens is 2. The molecule has 6 heteroatoms. The van der Waals surface area contributed by atoms with Gasteiger partial charge >= 0.3 is 0 Å². The van der Waals surface area contributed by atoms with Gasteiger partial charge < -0.3 is 10.0 Å². The Hall–Kier alpha value is -2.21. The number of amides is 1. The molecule has 0 aliphatic rings. The van der Waals surface area contributed by atoms with Crippen molar-refractivity contribution in [3.8, 4) is 0 Å². The first kappa shape index (κ1) is 17.1. The van der Waals surface area contributed by atoms with Gasteiger partial charge in [0.15, 0.2) is 0 Å². The van der Waals surface area contributed by atoms with Crippen LogP contribution in [-0.2, 0) is 0 Å². The lowest BCUT2D eigenvalue weighted by atomic mass is 10.1. The first-order chi connectivity index (χ1) is 10.9. The van der Waals surface area contributed by atoms with Gasteiger partial charge in [-0.05, 0) is 36.6 Å². The molecule has 0 aliphatic carbocycles. The van der Waals surface area contributed by atoms with E-state index in [-0.39, 0.29) is 24.2 Å². The van der Waals surface area contributed by atoms with E-state index in [1.807, 2.05) is 20.8 Å². The Morgan fingerprint density at radius 3 is 2.48 bits per heavy atom. The van der Waals surface area contributed by atoms with Gasteiger partial charge in [0.1, 0.15) is 11.5 Å². The van der Waals surface area contributed by atoms with E-state index < -0.39 is 6.10 Å². The van der Waals surface area contributed by atoms with E-state index in [2.05, 4.69) is 10.2 Å². The van der Waals surface area contributed by atoms with Gasteiger partial charge in [0.25, 0.3) is 5.91 Å². The van der Waals surface area contributed by atoms with E-state index >= 15 is 0 Å².